The number of carbonyl (C=O) groups is 4. The predicted molar refractivity (Wildman–Crippen MR) is 156 cm³/mol. The number of carbonyl (C=O) groups excluding carboxylic acids is 4. The zero-order valence-corrected chi connectivity index (χ0v) is 26.5. The molecule has 0 spiro atoms. The quantitative estimate of drug-likeness (QED) is 0.229. The fraction of sp³-hybridized carbons (Fsp3) is 0.655. The van der Waals surface area contributed by atoms with Crippen molar-refractivity contribution in [1.29, 1.82) is 0 Å². The first-order chi connectivity index (χ1) is 19.2. The summed E-state index contributed by atoms with van der Waals surface area (Å²) in [6.07, 6.45) is -0.791. The van der Waals surface area contributed by atoms with Gasteiger partial charge >= 0.3 is 18.2 Å². The van der Waals surface area contributed by atoms with Crippen LogP contribution in [0, 0.1) is 11.3 Å². The van der Waals surface area contributed by atoms with Crippen LogP contribution in [0.15, 0.2) is 24.3 Å². The van der Waals surface area contributed by atoms with Gasteiger partial charge in [-0.25, -0.2) is 14.4 Å². The largest absolute Gasteiger partial charge is 0.511 e. The Hall–Kier alpha value is -3.09. The van der Waals surface area contributed by atoms with E-state index < -0.39 is 53.1 Å². The van der Waals surface area contributed by atoms with Gasteiger partial charge in [0.1, 0.15) is 17.2 Å². The van der Waals surface area contributed by atoms with Crippen LogP contribution in [0.5, 0.6) is 0 Å². The predicted octanol–water partition coefficient (Wildman–Crippen LogP) is 3.28. The van der Waals surface area contributed by atoms with Crippen LogP contribution >= 0.6 is 11.6 Å². The lowest BCUT2D eigenvalue weighted by molar-refractivity contribution is -0.159. The van der Waals surface area contributed by atoms with Gasteiger partial charge in [-0.15, -0.1) is 0 Å². The van der Waals surface area contributed by atoms with E-state index in [4.69, 9.17) is 31.5 Å². The van der Waals surface area contributed by atoms with Crippen molar-refractivity contribution in [3.05, 3.63) is 34.9 Å². The Morgan fingerprint density at radius 1 is 1.10 bits per heavy atom. The lowest BCUT2D eigenvalue weighted by Crippen LogP contribution is -2.61. The van der Waals surface area contributed by atoms with Crippen molar-refractivity contribution >= 4 is 35.7 Å². The summed E-state index contributed by atoms with van der Waals surface area (Å²) in [4.78, 5) is 51.7. The lowest BCUT2D eigenvalue weighted by atomic mass is 9.66. The minimum atomic E-state index is -1.25. The third-order valence-electron chi connectivity index (χ3n) is 7.23. The van der Waals surface area contributed by atoms with Gasteiger partial charge in [0.2, 0.25) is 12.7 Å². The van der Waals surface area contributed by atoms with E-state index in [0.29, 0.717) is 18.0 Å². The average molecular weight is 613 g/mol. The molecular weight excluding hydrogens is 568 g/mol. The van der Waals surface area contributed by atoms with Gasteiger partial charge < -0.3 is 40.6 Å². The van der Waals surface area contributed by atoms with Gasteiger partial charge in [0.15, 0.2) is 0 Å². The van der Waals surface area contributed by atoms with Crippen molar-refractivity contribution in [3.8, 4) is 0 Å². The first-order valence-corrected chi connectivity index (χ1v) is 14.2. The van der Waals surface area contributed by atoms with Crippen LogP contribution in [0.25, 0.3) is 0 Å². The SMILES string of the molecule is CC(C)[C@@H](NC(=O)NCC(C)(C)OC(=O)OCOC(=O)C(C)(C)N)C(=O)N1CC[C@](O)(c2ccc(Cl)cc2)C(C)(C)C1. The summed E-state index contributed by atoms with van der Waals surface area (Å²) in [6.45, 7) is 13.2. The Balaban J connectivity index is 1.93. The van der Waals surface area contributed by atoms with Crippen LogP contribution in [-0.2, 0) is 29.4 Å². The minimum absolute atomic E-state index is 0.104. The van der Waals surface area contributed by atoms with Crippen LogP contribution in [0.4, 0.5) is 9.59 Å². The molecule has 0 aromatic heterocycles. The highest BCUT2D eigenvalue weighted by Gasteiger charge is 2.50. The highest BCUT2D eigenvalue weighted by atomic mass is 35.5. The van der Waals surface area contributed by atoms with Crippen molar-refractivity contribution in [2.45, 2.75) is 84.6 Å². The second kappa shape index (κ2) is 13.5. The second-order valence-corrected chi connectivity index (χ2v) is 13.3. The molecule has 1 fully saturated rings. The van der Waals surface area contributed by atoms with Crippen molar-refractivity contribution in [2.75, 3.05) is 26.4 Å². The molecule has 236 valence electrons. The number of benzene rings is 1. The molecule has 1 aliphatic rings. The van der Waals surface area contributed by atoms with Crippen molar-refractivity contribution in [1.82, 2.24) is 15.5 Å². The molecule has 1 aliphatic heterocycles. The monoisotopic (exact) mass is 612 g/mol. The summed E-state index contributed by atoms with van der Waals surface area (Å²) in [7, 11) is 0. The van der Waals surface area contributed by atoms with Gasteiger partial charge in [-0.3, -0.25) is 4.79 Å². The molecule has 0 bridgehead atoms. The molecule has 12 nitrogen and oxygen atoms in total. The van der Waals surface area contributed by atoms with Gasteiger partial charge in [-0.05, 0) is 57.7 Å². The maximum absolute atomic E-state index is 13.6. The first kappa shape index (κ1) is 35.1. The van der Waals surface area contributed by atoms with Crippen molar-refractivity contribution in [2.24, 2.45) is 17.1 Å². The number of amides is 3. The van der Waals surface area contributed by atoms with Crippen LogP contribution < -0.4 is 16.4 Å². The number of piperidine rings is 1. The number of esters is 1. The van der Waals surface area contributed by atoms with Gasteiger partial charge in [0, 0.05) is 23.5 Å². The van der Waals surface area contributed by atoms with E-state index in [9.17, 15) is 24.3 Å². The van der Waals surface area contributed by atoms with Crippen LogP contribution in [0.2, 0.25) is 5.02 Å². The Bertz CT molecular complexity index is 1130. The number of hydrogen-bond donors (Lipinski definition) is 4. The zero-order chi connectivity index (χ0) is 32.1. The molecule has 1 aromatic carbocycles. The van der Waals surface area contributed by atoms with Gasteiger partial charge in [0.25, 0.3) is 0 Å². The molecule has 42 heavy (non-hydrogen) atoms. The number of nitrogens with zero attached hydrogens (tertiary/aromatic N) is 1. The number of likely N-dealkylation sites (tertiary alicyclic amines) is 1. The normalized spacial score (nSPS) is 19.5. The molecule has 1 saturated heterocycles. The fourth-order valence-electron chi connectivity index (χ4n) is 4.57. The summed E-state index contributed by atoms with van der Waals surface area (Å²) in [5.74, 6) is -1.25. The number of hydrogen-bond acceptors (Lipinski definition) is 9. The maximum atomic E-state index is 13.6. The van der Waals surface area contributed by atoms with Gasteiger partial charge in [-0.2, -0.15) is 0 Å². The molecule has 0 saturated carbocycles. The second-order valence-electron chi connectivity index (χ2n) is 12.8. The standard InChI is InChI=1S/C29H45ClN4O8/c1-18(2)21(22(35)34-14-13-29(39,26(3,4)16-34)19-9-11-20(30)12-10-19)33-24(37)32-15-27(5,6)42-25(38)41-17-40-23(36)28(7,8)31/h9-12,18,21,39H,13-17,31H2,1-8H3,(H2,32,33,37)/t21-,29+/m1/s1. The van der Waals surface area contributed by atoms with Gasteiger partial charge in [0.05, 0.1) is 12.1 Å². The van der Waals surface area contributed by atoms with Gasteiger partial charge in [-0.1, -0.05) is 51.4 Å². The number of aliphatic hydroxyl groups is 1. The summed E-state index contributed by atoms with van der Waals surface area (Å²) in [6, 6.07) is 5.60. The smallest absolute Gasteiger partial charge is 0.426 e. The number of nitrogens with two attached hydrogens (primary N) is 1. The molecule has 0 radical (unpaired) electrons. The van der Waals surface area contributed by atoms with E-state index in [0.717, 1.165) is 5.56 Å². The van der Waals surface area contributed by atoms with Crippen molar-refractivity contribution < 1.29 is 38.5 Å². The number of urea groups is 1. The molecule has 1 aromatic rings. The average Bonchev–Trinajstić information content (AvgIpc) is 2.86. The van der Waals surface area contributed by atoms with E-state index in [1.165, 1.54) is 13.8 Å². The molecule has 3 amide bonds. The number of nitrogens with one attached hydrogen (secondary N) is 2. The van der Waals surface area contributed by atoms with Crippen LogP contribution in [0.3, 0.4) is 0 Å². The first-order valence-electron chi connectivity index (χ1n) is 13.8. The topological polar surface area (TPSA) is 170 Å². The third-order valence-corrected chi connectivity index (χ3v) is 7.48. The molecule has 5 N–H and O–H groups in total. The Morgan fingerprint density at radius 3 is 2.21 bits per heavy atom. The Labute approximate surface area is 252 Å². The van der Waals surface area contributed by atoms with E-state index in [1.807, 2.05) is 27.7 Å². The number of ether oxygens (including phenoxy) is 3. The minimum Gasteiger partial charge on any atom is -0.426 e. The third kappa shape index (κ3) is 9.20. The van der Waals surface area contributed by atoms with E-state index in [-0.39, 0.29) is 24.9 Å². The maximum Gasteiger partial charge on any atom is 0.511 e. The van der Waals surface area contributed by atoms with E-state index >= 15 is 0 Å². The highest BCUT2D eigenvalue weighted by molar-refractivity contribution is 6.30. The molecule has 2 atom stereocenters. The molecule has 13 heteroatoms. The molecule has 0 unspecified atom stereocenters. The van der Waals surface area contributed by atoms with Crippen LogP contribution in [0.1, 0.15) is 67.4 Å². The van der Waals surface area contributed by atoms with Crippen molar-refractivity contribution in [3.63, 3.8) is 0 Å². The fourth-order valence-corrected chi connectivity index (χ4v) is 4.70. The molecule has 2 rings (SSSR count). The molecule has 1 heterocycles. The number of rotatable bonds is 10. The summed E-state index contributed by atoms with van der Waals surface area (Å²) in [5.41, 5.74) is 2.04. The van der Waals surface area contributed by atoms with E-state index in [2.05, 4.69) is 10.6 Å². The molecular formula is C29H45ClN4O8. The lowest BCUT2D eigenvalue weighted by Gasteiger charge is -2.51. The summed E-state index contributed by atoms with van der Waals surface area (Å²) >= 11 is 6.03. The zero-order valence-electron chi connectivity index (χ0n) is 25.7. The van der Waals surface area contributed by atoms with E-state index in [1.54, 1.807) is 43.0 Å². The Kier molecular flexibility index (Phi) is 11.3. The molecule has 0 aliphatic carbocycles. The summed E-state index contributed by atoms with van der Waals surface area (Å²) in [5, 5.41) is 17.5. The Morgan fingerprint density at radius 2 is 1.69 bits per heavy atom. The number of halogens is 1. The van der Waals surface area contributed by atoms with Crippen LogP contribution in [-0.4, -0.2) is 77.7 Å². The summed E-state index contributed by atoms with van der Waals surface area (Å²) < 4.78 is 14.7. The highest BCUT2D eigenvalue weighted by Crippen LogP contribution is 2.46.